The zero-order valence-electron chi connectivity index (χ0n) is 12.9. The first-order valence-corrected chi connectivity index (χ1v) is 7.49. The molecule has 19 heavy (non-hydrogen) atoms. The molecule has 0 radical (unpaired) electrons. The monoisotopic (exact) mass is 270 g/mol. The van der Waals surface area contributed by atoms with Gasteiger partial charge in [0.1, 0.15) is 5.60 Å². The van der Waals surface area contributed by atoms with Gasteiger partial charge < -0.3 is 15.8 Å². The Bertz CT molecular complexity index is 289. The highest BCUT2D eigenvalue weighted by Crippen LogP contribution is 2.32. The molecule has 0 saturated heterocycles. The number of rotatable bonds is 4. The van der Waals surface area contributed by atoms with Crippen molar-refractivity contribution in [3.63, 3.8) is 0 Å². The van der Waals surface area contributed by atoms with E-state index < -0.39 is 5.60 Å². The van der Waals surface area contributed by atoms with Crippen molar-refractivity contribution in [2.24, 2.45) is 5.73 Å². The first kappa shape index (κ1) is 16.3. The summed E-state index contributed by atoms with van der Waals surface area (Å²) in [5.74, 6) is 0. The highest BCUT2D eigenvalue weighted by molar-refractivity contribution is 5.68. The minimum atomic E-state index is -0.443. The van der Waals surface area contributed by atoms with E-state index in [2.05, 4.69) is 5.32 Å². The number of hydrogen-bond acceptors (Lipinski definition) is 3. The van der Waals surface area contributed by atoms with Crippen molar-refractivity contribution < 1.29 is 9.53 Å². The molecule has 0 aliphatic heterocycles. The first-order chi connectivity index (χ1) is 8.72. The second kappa shape index (κ2) is 6.60. The number of carbonyl (C=O) groups excluding carboxylic acids is 1. The van der Waals surface area contributed by atoms with Crippen LogP contribution in [0.2, 0.25) is 0 Å². The van der Waals surface area contributed by atoms with Crippen LogP contribution in [0.4, 0.5) is 4.79 Å². The van der Waals surface area contributed by atoms with E-state index in [-0.39, 0.29) is 17.7 Å². The van der Waals surface area contributed by atoms with Gasteiger partial charge in [0.25, 0.3) is 0 Å². The molecule has 4 nitrogen and oxygen atoms in total. The minimum Gasteiger partial charge on any atom is -0.444 e. The zero-order chi connectivity index (χ0) is 14.5. The Morgan fingerprint density at radius 1 is 1.32 bits per heavy atom. The molecular weight excluding hydrogens is 240 g/mol. The van der Waals surface area contributed by atoms with Gasteiger partial charge in [-0.2, -0.15) is 0 Å². The van der Waals surface area contributed by atoms with Gasteiger partial charge in [-0.25, -0.2) is 4.79 Å². The smallest absolute Gasteiger partial charge is 0.408 e. The van der Waals surface area contributed by atoms with Crippen molar-refractivity contribution in [3.8, 4) is 0 Å². The van der Waals surface area contributed by atoms with E-state index in [1.165, 1.54) is 19.3 Å². The van der Waals surface area contributed by atoms with Gasteiger partial charge in [-0.3, -0.25) is 0 Å². The second-order valence-corrected chi connectivity index (χ2v) is 6.98. The van der Waals surface area contributed by atoms with Crippen molar-refractivity contribution in [1.29, 1.82) is 0 Å². The third-order valence-electron chi connectivity index (χ3n) is 3.66. The SMILES string of the molecule is C[C@H](N)CCC1(NC(=O)OC(C)(C)C)CCCCC1. The van der Waals surface area contributed by atoms with Crippen LogP contribution in [0.1, 0.15) is 72.6 Å². The van der Waals surface area contributed by atoms with Crippen LogP contribution in [0.15, 0.2) is 0 Å². The molecule has 1 aliphatic rings. The average molecular weight is 270 g/mol. The van der Waals surface area contributed by atoms with Gasteiger partial charge >= 0.3 is 6.09 Å². The van der Waals surface area contributed by atoms with Crippen molar-refractivity contribution >= 4 is 6.09 Å². The van der Waals surface area contributed by atoms with Gasteiger partial charge in [0.15, 0.2) is 0 Å². The van der Waals surface area contributed by atoms with E-state index in [4.69, 9.17) is 10.5 Å². The van der Waals surface area contributed by atoms with E-state index in [1.54, 1.807) is 0 Å². The van der Waals surface area contributed by atoms with Gasteiger partial charge in [0.2, 0.25) is 0 Å². The summed E-state index contributed by atoms with van der Waals surface area (Å²) in [5.41, 5.74) is 5.31. The lowest BCUT2D eigenvalue weighted by Crippen LogP contribution is -2.51. The lowest BCUT2D eigenvalue weighted by atomic mass is 9.78. The van der Waals surface area contributed by atoms with Gasteiger partial charge in [-0.15, -0.1) is 0 Å². The van der Waals surface area contributed by atoms with Crippen LogP contribution in [-0.2, 0) is 4.74 Å². The van der Waals surface area contributed by atoms with Gasteiger partial charge in [-0.1, -0.05) is 19.3 Å². The van der Waals surface area contributed by atoms with E-state index in [1.807, 2.05) is 27.7 Å². The maximum absolute atomic E-state index is 12.0. The Balaban J connectivity index is 2.60. The summed E-state index contributed by atoms with van der Waals surface area (Å²) in [6.07, 6.45) is 7.29. The summed E-state index contributed by atoms with van der Waals surface area (Å²) in [7, 11) is 0. The summed E-state index contributed by atoms with van der Waals surface area (Å²) in [6, 6.07) is 0.180. The Morgan fingerprint density at radius 2 is 1.89 bits per heavy atom. The molecule has 0 spiro atoms. The van der Waals surface area contributed by atoms with Crippen molar-refractivity contribution in [3.05, 3.63) is 0 Å². The Morgan fingerprint density at radius 3 is 2.37 bits per heavy atom. The molecule has 0 bridgehead atoms. The quantitative estimate of drug-likeness (QED) is 0.823. The number of amides is 1. The third-order valence-corrected chi connectivity index (χ3v) is 3.66. The number of alkyl carbamates (subject to hydrolysis) is 1. The van der Waals surface area contributed by atoms with Crippen LogP contribution in [0.5, 0.6) is 0 Å². The lowest BCUT2D eigenvalue weighted by molar-refractivity contribution is 0.0412. The molecule has 1 aliphatic carbocycles. The van der Waals surface area contributed by atoms with Crippen molar-refractivity contribution in [2.45, 2.75) is 89.8 Å². The van der Waals surface area contributed by atoms with E-state index in [9.17, 15) is 4.79 Å². The number of ether oxygens (including phenoxy) is 1. The standard InChI is InChI=1S/C15H30N2O2/c1-12(16)8-11-15(9-6-5-7-10-15)17-13(18)19-14(2,3)4/h12H,5-11,16H2,1-4H3,(H,17,18)/t12-/m0/s1. The van der Waals surface area contributed by atoms with Crippen LogP contribution < -0.4 is 11.1 Å². The molecule has 3 N–H and O–H groups in total. The van der Waals surface area contributed by atoms with Crippen LogP contribution in [-0.4, -0.2) is 23.3 Å². The summed E-state index contributed by atoms with van der Waals surface area (Å²) in [6.45, 7) is 7.69. The zero-order valence-corrected chi connectivity index (χ0v) is 12.9. The summed E-state index contributed by atoms with van der Waals surface area (Å²) < 4.78 is 5.39. The van der Waals surface area contributed by atoms with Crippen LogP contribution >= 0.6 is 0 Å². The van der Waals surface area contributed by atoms with Gasteiger partial charge in [0.05, 0.1) is 0 Å². The molecule has 0 aromatic rings. The first-order valence-electron chi connectivity index (χ1n) is 7.49. The molecule has 0 heterocycles. The van der Waals surface area contributed by atoms with E-state index >= 15 is 0 Å². The van der Waals surface area contributed by atoms with Crippen molar-refractivity contribution in [1.82, 2.24) is 5.32 Å². The molecule has 0 aromatic carbocycles. The average Bonchev–Trinajstić information content (AvgIpc) is 2.25. The van der Waals surface area contributed by atoms with Crippen LogP contribution in [0.3, 0.4) is 0 Å². The molecule has 4 heteroatoms. The number of nitrogens with two attached hydrogens (primary N) is 1. The Hall–Kier alpha value is -0.770. The largest absolute Gasteiger partial charge is 0.444 e. The van der Waals surface area contributed by atoms with Gasteiger partial charge in [0, 0.05) is 11.6 Å². The third kappa shape index (κ3) is 6.28. The Kier molecular flexibility index (Phi) is 5.65. The van der Waals surface area contributed by atoms with E-state index in [0.717, 1.165) is 25.7 Å². The van der Waals surface area contributed by atoms with Crippen LogP contribution in [0, 0.1) is 0 Å². The fourth-order valence-corrected chi connectivity index (χ4v) is 2.69. The number of hydrogen-bond donors (Lipinski definition) is 2. The Labute approximate surface area is 117 Å². The van der Waals surface area contributed by atoms with E-state index in [0.29, 0.717) is 0 Å². The molecule has 1 amide bonds. The maximum Gasteiger partial charge on any atom is 0.408 e. The fourth-order valence-electron chi connectivity index (χ4n) is 2.69. The molecular formula is C15H30N2O2. The van der Waals surface area contributed by atoms with Crippen molar-refractivity contribution in [2.75, 3.05) is 0 Å². The fraction of sp³-hybridized carbons (Fsp3) is 0.933. The minimum absolute atomic E-state index is 0.103. The topological polar surface area (TPSA) is 64.3 Å². The molecule has 112 valence electrons. The normalized spacial score (nSPS) is 20.7. The number of carbonyl (C=O) groups is 1. The molecule has 0 unspecified atom stereocenters. The maximum atomic E-state index is 12.0. The molecule has 1 fully saturated rings. The predicted octanol–water partition coefficient (Wildman–Crippen LogP) is 3.34. The number of nitrogens with one attached hydrogen (secondary N) is 1. The lowest BCUT2D eigenvalue weighted by Gasteiger charge is -2.39. The molecule has 1 atom stereocenters. The summed E-state index contributed by atoms with van der Waals surface area (Å²) >= 11 is 0. The molecule has 1 rings (SSSR count). The molecule has 0 aromatic heterocycles. The summed E-state index contributed by atoms with van der Waals surface area (Å²) in [4.78, 5) is 12.0. The highest BCUT2D eigenvalue weighted by Gasteiger charge is 2.34. The van der Waals surface area contributed by atoms with Crippen LogP contribution in [0.25, 0.3) is 0 Å². The van der Waals surface area contributed by atoms with Gasteiger partial charge in [-0.05, 0) is 53.4 Å². The highest BCUT2D eigenvalue weighted by atomic mass is 16.6. The molecule has 1 saturated carbocycles. The second-order valence-electron chi connectivity index (χ2n) is 6.98. The predicted molar refractivity (Wildman–Crippen MR) is 78.1 cm³/mol. The summed E-state index contributed by atoms with van der Waals surface area (Å²) in [5, 5.41) is 3.13.